The zero-order valence-electron chi connectivity index (χ0n) is 32.8. The van der Waals surface area contributed by atoms with Gasteiger partial charge in [-0.1, -0.05) is 29.8 Å². The summed E-state index contributed by atoms with van der Waals surface area (Å²) in [5, 5.41) is 0.699. The molecule has 13 heteroatoms. The van der Waals surface area contributed by atoms with Crippen LogP contribution in [0.15, 0.2) is 66.1 Å². The molecule has 2 heterocycles. The number of amides is 2. The number of anilines is 1. The number of aryl methyl sites for hydroxylation is 1. The molecule has 1 aliphatic carbocycles. The van der Waals surface area contributed by atoms with Crippen LogP contribution in [-0.4, -0.2) is 91.2 Å². The van der Waals surface area contributed by atoms with Crippen molar-refractivity contribution in [3.63, 3.8) is 0 Å². The van der Waals surface area contributed by atoms with Gasteiger partial charge in [0.25, 0.3) is 5.91 Å². The molecule has 11 nitrogen and oxygen atoms in total. The number of allylic oxidation sites excluding steroid dienone is 1. The highest BCUT2D eigenvalue weighted by Crippen LogP contribution is 2.42. The summed E-state index contributed by atoms with van der Waals surface area (Å²) in [6.07, 6.45) is 8.33. The minimum atomic E-state index is -3.52. The second kappa shape index (κ2) is 20.1. The van der Waals surface area contributed by atoms with E-state index in [1.165, 1.54) is 5.56 Å². The first kappa shape index (κ1) is 42.7. The predicted octanol–water partition coefficient (Wildman–Crippen LogP) is 8.01. The minimum Gasteiger partial charge on any atom is -0.491 e. The second-order valence-electron chi connectivity index (χ2n) is 15.6. The highest BCUT2D eigenvalue weighted by molar-refractivity contribution is 7.92. The molecule has 55 heavy (non-hydrogen) atoms. The third-order valence-corrected chi connectivity index (χ3v) is 12.3. The zero-order chi connectivity index (χ0) is 39.4. The number of rotatable bonds is 14. The third kappa shape index (κ3) is 12.8. The van der Waals surface area contributed by atoms with Crippen molar-refractivity contribution in [2.45, 2.75) is 84.0 Å². The molecule has 2 fully saturated rings. The number of carbonyl (C=O) groups is 2. The van der Waals surface area contributed by atoms with Gasteiger partial charge in [0.05, 0.1) is 44.0 Å². The standard InChI is InChI=1S/C42H59ClN4O7S/c1-6-8-11-26-55(50,45-41(49)54-42(3,4)5)44-40(48)32-15-18-39-37(28-32)47(29-33-13-16-35(43)27-31(33)12-9-10-22-52-39)30-34-14-17-36(34)38(7-2)53-25-21-46-19-23-51-24-20-46/h6-7,13,15-16,18,27-28,34,36,38H,1-2,8-12,14,17,19-26,29-30H2,3-5H3,(H,44,45,48,49,50)/t34-,36+,38-,55?/m0/s1. The molecule has 1 N–H and O–H groups in total. The fourth-order valence-electron chi connectivity index (χ4n) is 7.26. The summed E-state index contributed by atoms with van der Waals surface area (Å²) in [6.45, 7) is 19.6. The van der Waals surface area contributed by atoms with Gasteiger partial charge in [-0.25, -0.2) is 13.7 Å². The number of halogens is 1. The maximum absolute atomic E-state index is 14.1. The van der Waals surface area contributed by atoms with E-state index in [4.69, 9.17) is 30.5 Å². The Morgan fingerprint density at radius 3 is 2.60 bits per heavy atom. The van der Waals surface area contributed by atoms with Crippen LogP contribution in [0.25, 0.3) is 0 Å². The van der Waals surface area contributed by atoms with Gasteiger partial charge in [0.2, 0.25) is 0 Å². The number of ether oxygens (including phenoxy) is 4. The van der Waals surface area contributed by atoms with E-state index in [0.717, 1.165) is 76.2 Å². The van der Waals surface area contributed by atoms with E-state index in [-0.39, 0.29) is 23.3 Å². The Bertz CT molecular complexity index is 1770. The van der Waals surface area contributed by atoms with Gasteiger partial charge in [0, 0.05) is 43.3 Å². The van der Waals surface area contributed by atoms with Gasteiger partial charge in [-0.3, -0.25) is 9.69 Å². The largest absolute Gasteiger partial charge is 0.491 e. The minimum absolute atomic E-state index is 0.0361. The molecule has 1 unspecified atom stereocenters. The molecule has 0 spiro atoms. The number of morpholine rings is 1. The van der Waals surface area contributed by atoms with E-state index >= 15 is 0 Å². The Balaban J connectivity index is 1.45. The average molecular weight is 799 g/mol. The number of fused-ring (bicyclic) bond motifs is 2. The fraction of sp³-hybridized carbons (Fsp3) is 0.571. The molecule has 2 aromatic carbocycles. The molecule has 1 saturated heterocycles. The molecule has 1 saturated carbocycles. The summed E-state index contributed by atoms with van der Waals surface area (Å²) < 4.78 is 44.4. The first-order valence-corrected chi connectivity index (χ1v) is 21.7. The lowest BCUT2D eigenvalue weighted by atomic mass is 9.70. The first-order valence-electron chi connectivity index (χ1n) is 19.6. The van der Waals surface area contributed by atoms with Crippen molar-refractivity contribution in [2.24, 2.45) is 16.2 Å². The van der Waals surface area contributed by atoms with E-state index in [9.17, 15) is 13.8 Å². The number of carbonyl (C=O) groups excluding carboxylic acids is 2. The van der Waals surface area contributed by atoms with Crippen LogP contribution in [0, 0.1) is 11.8 Å². The maximum Gasteiger partial charge on any atom is 0.420 e. The van der Waals surface area contributed by atoms with Crippen LogP contribution in [0.2, 0.25) is 5.02 Å². The van der Waals surface area contributed by atoms with Crippen molar-refractivity contribution in [3.8, 4) is 5.75 Å². The summed E-state index contributed by atoms with van der Waals surface area (Å²) in [4.78, 5) is 31.3. The quantitative estimate of drug-likeness (QED) is 0.150. The molecular weight excluding hydrogens is 740 g/mol. The number of unbranched alkanes of at least 4 members (excludes halogenated alkanes) is 1. The Labute approximate surface area is 333 Å². The highest BCUT2D eigenvalue weighted by atomic mass is 35.5. The normalized spacial score (nSPS) is 20.8. The monoisotopic (exact) mass is 798 g/mol. The molecule has 2 aromatic rings. The number of benzene rings is 2. The highest BCUT2D eigenvalue weighted by Gasteiger charge is 2.38. The van der Waals surface area contributed by atoms with Crippen LogP contribution in [0.4, 0.5) is 10.5 Å². The van der Waals surface area contributed by atoms with Gasteiger partial charge in [-0.15, -0.1) is 17.5 Å². The lowest BCUT2D eigenvalue weighted by Gasteiger charge is -2.44. The molecular formula is C42H59ClN4O7S. The van der Waals surface area contributed by atoms with E-state index in [2.05, 4.69) is 44.2 Å². The molecule has 0 radical (unpaired) electrons. The lowest BCUT2D eigenvalue weighted by Crippen LogP contribution is -2.44. The van der Waals surface area contributed by atoms with Gasteiger partial charge in [0.15, 0.2) is 0 Å². The topological polar surface area (TPSA) is 119 Å². The van der Waals surface area contributed by atoms with E-state index in [1.807, 2.05) is 12.1 Å². The smallest absolute Gasteiger partial charge is 0.420 e. The molecule has 0 bridgehead atoms. The van der Waals surface area contributed by atoms with Crippen molar-refractivity contribution >= 4 is 39.2 Å². The maximum atomic E-state index is 14.1. The molecule has 3 aliphatic rings. The SMILES string of the molecule is C=CCCCS(=O)(=NC(=O)c1ccc2c(c1)N(C[C@@H]1CC[C@H]1[C@H](C=C)OCCN1CCOCC1)Cc1ccc(Cl)cc1CCCCO2)NC(=O)OC(C)(C)C. The van der Waals surface area contributed by atoms with Crippen LogP contribution in [0.3, 0.4) is 0 Å². The third-order valence-electron chi connectivity index (χ3n) is 10.3. The van der Waals surface area contributed by atoms with Crippen LogP contribution in [0.1, 0.15) is 80.8 Å². The number of nitrogens with zero attached hydrogens (tertiary/aromatic N) is 3. The van der Waals surface area contributed by atoms with Crippen LogP contribution < -0.4 is 14.4 Å². The molecule has 5 rings (SSSR count). The first-order chi connectivity index (χ1) is 26.4. The Morgan fingerprint density at radius 1 is 1.09 bits per heavy atom. The second-order valence-corrected chi connectivity index (χ2v) is 18.1. The molecule has 4 atom stereocenters. The Morgan fingerprint density at radius 2 is 1.89 bits per heavy atom. The lowest BCUT2D eigenvalue weighted by molar-refractivity contribution is -0.0311. The van der Waals surface area contributed by atoms with Gasteiger partial charge in [0.1, 0.15) is 21.3 Å². The fourth-order valence-corrected chi connectivity index (χ4v) is 8.93. The Hall–Kier alpha value is -3.42. The van der Waals surface area contributed by atoms with Crippen LogP contribution >= 0.6 is 11.6 Å². The summed E-state index contributed by atoms with van der Waals surface area (Å²) in [5.74, 6) is 0.501. The van der Waals surface area contributed by atoms with E-state index in [1.54, 1.807) is 45.0 Å². The zero-order valence-corrected chi connectivity index (χ0v) is 34.3. The molecule has 302 valence electrons. The van der Waals surface area contributed by atoms with Gasteiger partial charge < -0.3 is 23.8 Å². The average Bonchev–Trinajstić information content (AvgIpc) is 3.15. The number of nitrogens with one attached hydrogen (secondary N) is 1. The number of hydrogen-bond acceptors (Lipinski definition) is 9. The van der Waals surface area contributed by atoms with Crippen molar-refractivity contribution in [1.29, 1.82) is 0 Å². The molecule has 0 aromatic heterocycles. The van der Waals surface area contributed by atoms with Crippen molar-refractivity contribution < 1.29 is 32.7 Å². The molecule has 2 amide bonds. The summed E-state index contributed by atoms with van der Waals surface area (Å²) >= 11 is 6.50. The summed E-state index contributed by atoms with van der Waals surface area (Å²) in [6, 6.07) is 11.3. The van der Waals surface area contributed by atoms with Crippen LogP contribution in [-0.2, 0) is 37.1 Å². The van der Waals surface area contributed by atoms with Crippen molar-refractivity contribution in [2.75, 3.05) is 63.3 Å². The van der Waals surface area contributed by atoms with Crippen LogP contribution in [0.5, 0.6) is 5.75 Å². The van der Waals surface area contributed by atoms with Gasteiger partial charge in [-0.05, 0) is 119 Å². The molecule has 2 aliphatic heterocycles. The summed E-state index contributed by atoms with van der Waals surface area (Å²) in [7, 11) is -3.52. The summed E-state index contributed by atoms with van der Waals surface area (Å²) in [5.41, 5.74) is 2.51. The van der Waals surface area contributed by atoms with Crippen molar-refractivity contribution in [1.82, 2.24) is 9.62 Å². The van der Waals surface area contributed by atoms with Gasteiger partial charge >= 0.3 is 6.09 Å². The van der Waals surface area contributed by atoms with E-state index in [0.29, 0.717) is 55.8 Å². The van der Waals surface area contributed by atoms with Crippen molar-refractivity contribution in [3.05, 3.63) is 83.4 Å². The van der Waals surface area contributed by atoms with Gasteiger partial charge in [-0.2, -0.15) is 0 Å². The predicted molar refractivity (Wildman–Crippen MR) is 219 cm³/mol. The number of hydrogen-bond donors (Lipinski definition) is 1. The van der Waals surface area contributed by atoms with E-state index < -0.39 is 27.5 Å². The Kier molecular flexibility index (Phi) is 15.6.